The lowest BCUT2D eigenvalue weighted by Crippen LogP contribution is -2.48. The average molecular weight is 352 g/mol. The predicted molar refractivity (Wildman–Crippen MR) is 99.0 cm³/mol. The summed E-state index contributed by atoms with van der Waals surface area (Å²) in [5.41, 5.74) is 3.65. The fourth-order valence-corrected chi connectivity index (χ4v) is 3.32. The molecule has 6 nitrogen and oxygen atoms in total. The first-order valence-corrected chi connectivity index (χ1v) is 8.74. The second-order valence-electron chi connectivity index (χ2n) is 6.61. The highest BCUT2D eigenvalue weighted by Crippen LogP contribution is 2.18. The standard InChI is InChI=1S/C20H24N4O2/c1-15-17(11-18(13-21)22(15)2)14-23-7-9-24(10-8-23)20(25)16-5-4-6-19(12-16)26-3/h4-6,11-12H,7-10,14H2,1-3H3. The van der Waals surface area contributed by atoms with Gasteiger partial charge < -0.3 is 14.2 Å². The van der Waals surface area contributed by atoms with Crippen molar-refractivity contribution in [1.29, 1.82) is 5.26 Å². The summed E-state index contributed by atoms with van der Waals surface area (Å²) in [4.78, 5) is 16.9. The van der Waals surface area contributed by atoms with Gasteiger partial charge in [-0.3, -0.25) is 9.69 Å². The van der Waals surface area contributed by atoms with E-state index in [1.807, 2.05) is 47.7 Å². The molecular formula is C20H24N4O2. The van der Waals surface area contributed by atoms with E-state index in [0.717, 1.165) is 25.3 Å². The van der Waals surface area contributed by atoms with Crippen molar-refractivity contribution < 1.29 is 9.53 Å². The quantitative estimate of drug-likeness (QED) is 0.846. The topological polar surface area (TPSA) is 61.5 Å². The van der Waals surface area contributed by atoms with E-state index < -0.39 is 0 Å². The number of hydrogen-bond donors (Lipinski definition) is 0. The Labute approximate surface area is 154 Å². The molecule has 0 bridgehead atoms. The Bertz CT molecular complexity index is 842. The number of aromatic nitrogens is 1. The van der Waals surface area contributed by atoms with Crippen LogP contribution in [0.4, 0.5) is 0 Å². The maximum Gasteiger partial charge on any atom is 0.254 e. The van der Waals surface area contributed by atoms with Gasteiger partial charge in [-0.15, -0.1) is 0 Å². The summed E-state index contributed by atoms with van der Waals surface area (Å²) < 4.78 is 7.13. The number of benzene rings is 1. The third kappa shape index (κ3) is 3.58. The highest BCUT2D eigenvalue weighted by molar-refractivity contribution is 5.94. The summed E-state index contributed by atoms with van der Waals surface area (Å²) >= 11 is 0. The van der Waals surface area contributed by atoms with Gasteiger partial charge in [-0.2, -0.15) is 5.26 Å². The van der Waals surface area contributed by atoms with Crippen molar-refractivity contribution in [3.05, 3.63) is 52.8 Å². The van der Waals surface area contributed by atoms with Crippen LogP contribution in [0.2, 0.25) is 0 Å². The molecule has 0 spiro atoms. The molecular weight excluding hydrogens is 328 g/mol. The molecule has 1 aromatic heterocycles. The van der Waals surface area contributed by atoms with Crippen LogP contribution in [-0.4, -0.2) is 53.6 Å². The molecule has 0 unspecified atom stereocenters. The lowest BCUT2D eigenvalue weighted by atomic mass is 10.1. The Morgan fingerprint density at radius 1 is 1.23 bits per heavy atom. The summed E-state index contributed by atoms with van der Waals surface area (Å²) in [6.45, 7) is 5.90. The molecule has 0 radical (unpaired) electrons. The number of carbonyl (C=O) groups excluding carboxylic acids is 1. The van der Waals surface area contributed by atoms with Gasteiger partial charge >= 0.3 is 0 Å². The van der Waals surface area contributed by atoms with Gasteiger partial charge in [0.1, 0.15) is 17.5 Å². The Morgan fingerprint density at radius 3 is 2.58 bits per heavy atom. The fourth-order valence-electron chi connectivity index (χ4n) is 3.32. The number of hydrogen-bond acceptors (Lipinski definition) is 4. The smallest absolute Gasteiger partial charge is 0.254 e. The molecule has 0 N–H and O–H groups in total. The first-order valence-electron chi connectivity index (χ1n) is 8.74. The number of nitrogens with zero attached hydrogens (tertiary/aromatic N) is 4. The minimum Gasteiger partial charge on any atom is -0.497 e. The SMILES string of the molecule is COc1cccc(C(=O)N2CCN(Cc3cc(C#N)n(C)c3C)CC2)c1. The molecule has 26 heavy (non-hydrogen) atoms. The zero-order chi connectivity index (χ0) is 18.7. The van der Waals surface area contributed by atoms with Crippen LogP contribution in [0.15, 0.2) is 30.3 Å². The molecule has 0 aliphatic carbocycles. The Kier molecular flexibility index (Phi) is 5.29. The second-order valence-corrected chi connectivity index (χ2v) is 6.61. The number of rotatable bonds is 4. The third-order valence-corrected chi connectivity index (χ3v) is 5.12. The van der Waals surface area contributed by atoms with Gasteiger partial charge in [0.25, 0.3) is 5.91 Å². The summed E-state index contributed by atoms with van der Waals surface area (Å²) in [5.74, 6) is 0.744. The Hall–Kier alpha value is -2.78. The molecule has 1 amide bonds. The molecule has 1 aromatic carbocycles. The molecule has 2 heterocycles. The van der Waals surface area contributed by atoms with Crippen LogP contribution in [0.25, 0.3) is 0 Å². The molecule has 3 rings (SSSR count). The van der Waals surface area contributed by atoms with Crippen molar-refractivity contribution in [3.63, 3.8) is 0 Å². The number of piperazine rings is 1. The zero-order valence-corrected chi connectivity index (χ0v) is 15.5. The predicted octanol–water partition coefficient (Wildman–Crippen LogP) is 2.17. The highest BCUT2D eigenvalue weighted by Gasteiger charge is 2.23. The van der Waals surface area contributed by atoms with Crippen molar-refractivity contribution in [2.24, 2.45) is 7.05 Å². The van der Waals surface area contributed by atoms with E-state index in [0.29, 0.717) is 30.1 Å². The van der Waals surface area contributed by atoms with Crippen LogP contribution < -0.4 is 4.74 Å². The van der Waals surface area contributed by atoms with Crippen molar-refractivity contribution >= 4 is 5.91 Å². The summed E-state index contributed by atoms with van der Waals surface area (Å²) in [6.07, 6.45) is 0. The maximum atomic E-state index is 12.7. The molecule has 1 aliphatic heterocycles. The minimum absolute atomic E-state index is 0.0474. The van der Waals surface area contributed by atoms with E-state index in [1.54, 1.807) is 13.2 Å². The Morgan fingerprint density at radius 2 is 1.96 bits per heavy atom. The number of methoxy groups -OCH3 is 1. The molecule has 136 valence electrons. The monoisotopic (exact) mass is 352 g/mol. The van der Waals surface area contributed by atoms with Gasteiger partial charge in [0.2, 0.25) is 0 Å². The Balaban J connectivity index is 1.60. The van der Waals surface area contributed by atoms with E-state index in [9.17, 15) is 4.79 Å². The van der Waals surface area contributed by atoms with Gasteiger partial charge in [-0.05, 0) is 36.8 Å². The van der Waals surface area contributed by atoms with Crippen LogP contribution in [0.5, 0.6) is 5.75 Å². The van der Waals surface area contributed by atoms with Gasteiger partial charge in [0, 0.05) is 51.0 Å². The average Bonchev–Trinajstić information content (AvgIpc) is 2.96. The maximum absolute atomic E-state index is 12.7. The van der Waals surface area contributed by atoms with E-state index in [4.69, 9.17) is 10.00 Å². The zero-order valence-electron chi connectivity index (χ0n) is 15.5. The molecule has 1 fully saturated rings. The van der Waals surface area contributed by atoms with Crippen molar-refractivity contribution in [3.8, 4) is 11.8 Å². The number of amides is 1. The van der Waals surface area contributed by atoms with Crippen LogP contribution >= 0.6 is 0 Å². The number of nitriles is 1. The van der Waals surface area contributed by atoms with E-state index >= 15 is 0 Å². The van der Waals surface area contributed by atoms with E-state index in [2.05, 4.69) is 11.0 Å². The normalized spacial score (nSPS) is 14.9. The second kappa shape index (κ2) is 7.63. The largest absolute Gasteiger partial charge is 0.497 e. The van der Waals surface area contributed by atoms with Gasteiger partial charge in [0.05, 0.1) is 7.11 Å². The van der Waals surface area contributed by atoms with Crippen LogP contribution in [0, 0.1) is 18.3 Å². The fraction of sp³-hybridized carbons (Fsp3) is 0.400. The van der Waals surface area contributed by atoms with Gasteiger partial charge in [-0.25, -0.2) is 0 Å². The van der Waals surface area contributed by atoms with Crippen LogP contribution in [0.1, 0.15) is 27.3 Å². The van der Waals surface area contributed by atoms with Crippen molar-refractivity contribution in [2.75, 3.05) is 33.3 Å². The molecule has 0 atom stereocenters. The van der Waals surface area contributed by atoms with Gasteiger partial charge in [-0.1, -0.05) is 6.07 Å². The summed E-state index contributed by atoms with van der Waals surface area (Å²) in [7, 11) is 3.52. The first-order chi connectivity index (χ1) is 12.5. The van der Waals surface area contributed by atoms with Gasteiger partial charge in [0.15, 0.2) is 0 Å². The van der Waals surface area contributed by atoms with E-state index in [-0.39, 0.29) is 5.91 Å². The summed E-state index contributed by atoms with van der Waals surface area (Å²) in [5, 5.41) is 9.17. The van der Waals surface area contributed by atoms with Crippen LogP contribution in [-0.2, 0) is 13.6 Å². The lowest BCUT2D eigenvalue weighted by molar-refractivity contribution is 0.0628. The molecule has 6 heteroatoms. The minimum atomic E-state index is 0.0474. The molecule has 0 saturated carbocycles. The molecule has 1 saturated heterocycles. The molecule has 1 aliphatic rings. The van der Waals surface area contributed by atoms with Crippen molar-refractivity contribution in [1.82, 2.24) is 14.4 Å². The summed E-state index contributed by atoms with van der Waals surface area (Å²) in [6, 6.07) is 11.5. The third-order valence-electron chi connectivity index (χ3n) is 5.12. The van der Waals surface area contributed by atoms with E-state index in [1.165, 1.54) is 5.56 Å². The lowest BCUT2D eigenvalue weighted by Gasteiger charge is -2.34. The molecule has 2 aromatic rings. The first kappa shape index (κ1) is 18.0. The highest BCUT2D eigenvalue weighted by atomic mass is 16.5. The van der Waals surface area contributed by atoms with Crippen LogP contribution in [0.3, 0.4) is 0 Å². The van der Waals surface area contributed by atoms with Crippen molar-refractivity contribution in [2.45, 2.75) is 13.5 Å². The number of carbonyl (C=O) groups is 1. The number of ether oxygens (including phenoxy) is 1.